The Bertz CT molecular complexity index is 556. The third-order valence-electron chi connectivity index (χ3n) is 2.65. The van der Waals surface area contributed by atoms with E-state index in [0.717, 1.165) is 16.7 Å². The van der Waals surface area contributed by atoms with Crippen molar-refractivity contribution >= 4 is 40.5 Å². The molecule has 2 aromatic carbocycles. The van der Waals surface area contributed by atoms with Crippen LogP contribution in [0.25, 0.3) is 11.1 Å². The molecule has 2 aromatic rings. The smallest absolute Gasteiger partial charge is 0.0514 e. The standard InChI is InChI=1S/C13H10Cl3N/c1-7-9(3-2-4-12(7)17)13-10(15)5-8(14)6-11(13)16/h2-6H,17H2,1H3. The maximum atomic E-state index is 6.18. The fraction of sp³-hybridized carbons (Fsp3) is 0.0769. The van der Waals surface area contributed by atoms with Crippen molar-refractivity contribution in [1.29, 1.82) is 0 Å². The molecule has 0 unspecified atom stereocenters. The molecule has 88 valence electrons. The molecule has 0 aliphatic heterocycles. The number of hydrogen-bond donors (Lipinski definition) is 1. The van der Waals surface area contributed by atoms with Gasteiger partial charge in [0.2, 0.25) is 0 Å². The van der Waals surface area contributed by atoms with Gasteiger partial charge >= 0.3 is 0 Å². The van der Waals surface area contributed by atoms with Crippen LogP contribution in [0.4, 0.5) is 5.69 Å². The summed E-state index contributed by atoms with van der Waals surface area (Å²) in [5, 5.41) is 1.57. The van der Waals surface area contributed by atoms with Gasteiger partial charge in [-0.2, -0.15) is 0 Å². The van der Waals surface area contributed by atoms with Crippen molar-refractivity contribution in [2.45, 2.75) is 6.92 Å². The lowest BCUT2D eigenvalue weighted by Crippen LogP contribution is -1.93. The number of benzene rings is 2. The van der Waals surface area contributed by atoms with E-state index in [9.17, 15) is 0 Å². The summed E-state index contributed by atoms with van der Waals surface area (Å²) in [5.74, 6) is 0. The van der Waals surface area contributed by atoms with Gasteiger partial charge < -0.3 is 5.73 Å². The van der Waals surface area contributed by atoms with E-state index in [1.165, 1.54) is 0 Å². The average molecular weight is 287 g/mol. The highest BCUT2D eigenvalue weighted by molar-refractivity contribution is 6.41. The van der Waals surface area contributed by atoms with Crippen molar-refractivity contribution in [2.75, 3.05) is 5.73 Å². The quantitative estimate of drug-likeness (QED) is 0.716. The summed E-state index contributed by atoms with van der Waals surface area (Å²) in [6, 6.07) is 9.00. The Balaban J connectivity index is 2.73. The lowest BCUT2D eigenvalue weighted by atomic mass is 9.99. The summed E-state index contributed by atoms with van der Waals surface area (Å²) < 4.78 is 0. The van der Waals surface area contributed by atoms with Crippen molar-refractivity contribution in [3.8, 4) is 11.1 Å². The third-order valence-corrected chi connectivity index (χ3v) is 3.47. The van der Waals surface area contributed by atoms with Gasteiger partial charge in [-0.05, 0) is 36.2 Å². The molecule has 0 aliphatic carbocycles. The summed E-state index contributed by atoms with van der Waals surface area (Å²) in [6.07, 6.45) is 0. The molecule has 0 atom stereocenters. The Kier molecular flexibility index (Phi) is 3.53. The molecule has 0 bridgehead atoms. The van der Waals surface area contributed by atoms with E-state index in [0.29, 0.717) is 20.8 Å². The third kappa shape index (κ3) is 2.37. The van der Waals surface area contributed by atoms with Crippen LogP contribution in [0.2, 0.25) is 15.1 Å². The van der Waals surface area contributed by atoms with Gasteiger partial charge in [-0.1, -0.05) is 46.9 Å². The van der Waals surface area contributed by atoms with E-state index in [4.69, 9.17) is 40.5 Å². The van der Waals surface area contributed by atoms with Gasteiger partial charge in [0.05, 0.1) is 10.0 Å². The minimum Gasteiger partial charge on any atom is -0.398 e. The van der Waals surface area contributed by atoms with Gasteiger partial charge in [0.1, 0.15) is 0 Å². The predicted octanol–water partition coefficient (Wildman–Crippen LogP) is 5.20. The number of nitrogens with two attached hydrogens (primary N) is 1. The topological polar surface area (TPSA) is 26.0 Å². The lowest BCUT2D eigenvalue weighted by Gasteiger charge is -2.12. The van der Waals surface area contributed by atoms with Crippen molar-refractivity contribution < 1.29 is 0 Å². The van der Waals surface area contributed by atoms with E-state index in [-0.39, 0.29) is 0 Å². The first-order valence-corrected chi connectivity index (χ1v) is 6.14. The summed E-state index contributed by atoms with van der Waals surface area (Å²) >= 11 is 18.3. The molecule has 0 radical (unpaired) electrons. The Morgan fingerprint density at radius 1 is 1.00 bits per heavy atom. The summed E-state index contributed by atoms with van der Waals surface area (Å²) in [5.41, 5.74) is 9.24. The van der Waals surface area contributed by atoms with Gasteiger partial charge in [-0.25, -0.2) is 0 Å². The minimum atomic E-state index is 0.519. The van der Waals surface area contributed by atoms with Crippen LogP contribution >= 0.6 is 34.8 Å². The van der Waals surface area contributed by atoms with Crippen LogP contribution in [0.1, 0.15) is 5.56 Å². The number of hydrogen-bond acceptors (Lipinski definition) is 1. The lowest BCUT2D eigenvalue weighted by molar-refractivity contribution is 1.46. The fourth-order valence-electron chi connectivity index (χ4n) is 1.72. The molecule has 0 amide bonds. The molecule has 2 N–H and O–H groups in total. The van der Waals surface area contributed by atoms with Crippen LogP contribution in [0.15, 0.2) is 30.3 Å². The molecular formula is C13H10Cl3N. The Morgan fingerprint density at radius 2 is 1.59 bits per heavy atom. The average Bonchev–Trinajstić information content (AvgIpc) is 2.23. The van der Waals surface area contributed by atoms with Crippen LogP contribution in [0, 0.1) is 6.92 Å². The zero-order valence-electron chi connectivity index (χ0n) is 9.10. The summed E-state index contributed by atoms with van der Waals surface area (Å²) in [4.78, 5) is 0. The second-order valence-corrected chi connectivity index (χ2v) is 5.02. The second kappa shape index (κ2) is 4.77. The molecular weight excluding hydrogens is 277 g/mol. The maximum absolute atomic E-state index is 6.18. The first-order valence-electron chi connectivity index (χ1n) is 5.00. The van der Waals surface area contributed by atoms with E-state index in [2.05, 4.69) is 0 Å². The van der Waals surface area contributed by atoms with Gasteiger partial charge in [0.25, 0.3) is 0 Å². The van der Waals surface area contributed by atoms with Crippen molar-refractivity contribution in [2.24, 2.45) is 0 Å². The molecule has 0 aliphatic rings. The maximum Gasteiger partial charge on any atom is 0.0514 e. The van der Waals surface area contributed by atoms with Crippen LogP contribution < -0.4 is 5.73 Å². The zero-order valence-corrected chi connectivity index (χ0v) is 11.4. The summed E-state index contributed by atoms with van der Waals surface area (Å²) in [6.45, 7) is 1.94. The Morgan fingerprint density at radius 3 is 2.18 bits per heavy atom. The van der Waals surface area contributed by atoms with Gasteiger partial charge in [0.15, 0.2) is 0 Å². The Hall–Kier alpha value is -0.890. The van der Waals surface area contributed by atoms with E-state index < -0.39 is 0 Å². The number of anilines is 1. The first-order chi connectivity index (χ1) is 8.00. The van der Waals surface area contributed by atoms with E-state index >= 15 is 0 Å². The molecule has 4 heteroatoms. The highest BCUT2D eigenvalue weighted by Gasteiger charge is 2.13. The monoisotopic (exact) mass is 285 g/mol. The van der Waals surface area contributed by atoms with Gasteiger partial charge in [-0.15, -0.1) is 0 Å². The van der Waals surface area contributed by atoms with E-state index in [1.807, 2.05) is 25.1 Å². The minimum absolute atomic E-state index is 0.519. The van der Waals surface area contributed by atoms with Gasteiger partial charge in [0, 0.05) is 16.3 Å². The molecule has 1 nitrogen and oxygen atoms in total. The molecule has 0 saturated carbocycles. The highest BCUT2D eigenvalue weighted by atomic mass is 35.5. The highest BCUT2D eigenvalue weighted by Crippen LogP contribution is 2.39. The second-order valence-electron chi connectivity index (χ2n) is 3.76. The molecule has 0 heterocycles. The van der Waals surface area contributed by atoms with Crippen LogP contribution in [-0.2, 0) is 0 Å². The number of rotatable bonds is 1. The fourth-order valence-corrected chi connectivity index (χ4v) is 2.74. The largest absolute Gasteiger partial charge is 0.398 e. The van der Waals surface area contributed by atoms with Gasteiger partial charge in [-0.3, -0.25) is 0 Å². The molecule has 0 fully saturated rings. The molecule has 0 spiro atoms. The Labute approximate surface area is 115 Å². The van der Waals surface area contributed by atoms with E-state index in [1.54, 1.807) is 12.1 Å². The molecule has 0 saturated heterocycles. The van der Waals surface area contributed by atoms with Crippen molar-refractivity contribution in [3.63, 3.8) is 0 Å². The molecule has 0 aromatic heterocycles. The first kappa shape index (κ1) is 12.6. The molecule has 17 heavy (non-hydrogen) atoms. The summed E-state index contributed by atoms with van der Waals surface area (Å²) in [7, 11) is 0. The predicted molar refractivity (Wildman–Crippen MR) is 76.1 cm³/mol. The molecule has 2 rings (SSSR count). The van der Waals surface area contributed by atoms with Crippen LogP contribution in [0.3, 0.4) is 0 Å². The SMILES string of the molecule is Cc1c(N)cccc1-c1c(Cl)cc(Cl)cc1Cl. The van der Waals surface area contributed by atoms with Crippen LogP contribution in [-0.4, -0.2) is 0 Å². The zero-order chi connectivity index (χ0) is 12.6. The number of halogens is 3. The van der Waals surface area contributed by atoms with Crippen LogP contribution in [0.5, 0.6) is 0 Å². The normalized spacial score (nSPS) is 10.6. The van der Waals surface area contributed by atoms with Crippen molar-refractivity contribution in [1.82, 2.24) is 0 Å². The van der Waals surface area contributed by atoms with Crippen molar-refractivity contribution in [3.05, 3.63) is 51.0 Å². The number of nitrogen functional groups attached to an aromatic ring is 1.